The van der Waals surface area contributed by atoms with E-state index in [0.717, 1.165) is 50.4 Å². The first kappa shape index (κ1) is 24.1. The second-order valence-corrected chi connectivity index (χ2v) is 6.66. The van der Waals surface area contributed by atoms with Gasteiger partial charge in [-0.2, -0.15) is 0 Å². The Kier molecular flexibility index (Phi) is 12.6. The van der Waals surface area contributed by atoms with Crippen molar-refractivity contribution < 1.29 is 9.84 Å². The largest absolute Gasteiger partial charge is 0.388 e. The summed E-state index contributed by atoms with van der Waals surface area (Å²) in [5, 5.41) is 16.9. The second-order valence-electron chi connectivity index (χ2n) is 6.66. The van der Waals surface area contributed by atoms with Gasteiger partial charge in [0.05, 0.1) is 12.7 Å². The number of aliphatic hydroxyl groups is 1. The van der Waals surface area contributed by atoms with Gasteiger partial charge >= 0.3 is 0 Å². The van der Waals surface area contributed by atoms with Gasteiger partial charge < -0.3 is 20.5 Å². The number of aliphatic hydroxyl groups excluding tert-OH is 1. The molecule has 1 aliphatic carbocycles. The molecule has 1 aliphatic rings. The van der Waals surface area contributed by atoms with Crippen molar-refractivity contribution in [2.75, 3.05) is 46.4 Å². The molecule has 0 saturated heterocycles. The molecule has 2 rings (SSSR count). The van der Waals surface area contributed by atoms with Crippen LogP contribution in [0.4, 0.5) is 0 Å². The van der Waals surface area contributed by atoms with Crippen molar-refractivity contribution in [1.82, 2.24) is 15.5 Å². The summed E-state index contributed by atoms with van der Waals surface area (Å²) >= 11 is 0. The van der Waals surface area contributed by atoms with E-state index in [1.807, 2.05) is 30.3 Å². The average molecular weight is 490 g/mol. The summed E-state index contributed by atoms with van der Waals surface area (Å²) in [5.74, 6) is 0.815. The summed E-state index contributed by atoms with van der Waals surface area (Å²) in [5.41, 5.74) is 0.943. The summed E-state index contributed by atoms with van der Waals surface area (Å²) in [6, 6.07) is 10.5. The highest BCUT2D eigenvalue weighted by molar-refractivity contribution is 14.0. The van der Waals surface area contributed by atoms with Crippen LogP contribution in [0.15, 0.2) is 35.3 Å². The van der Waals surface area contributed by atoms with Gasteiger partial charge in [0.25, 0.3) is 0 Å². The zero-order chi connectivity index (χ0) is 18.6. The molecule has 27 heavy (non-hydrogen) atoms. The maximum atomic E-state index is 10.2. The number of nitrogens with zero attached hydrogens (tertiary/aromatic N) is 2. The minimum Gasteiger partial charge on any atom is -0.388 e. The van der Waals surface area contributed by atoms with Gasteiger partial charge in [-0.3, -0.25) is 9.89 Å². The van der Waals surface area contributed by atoms with Crippen molar-refractivity contribution in [3.63, 3.8) is 0 Å². The Balaban J connectivity index is 0.00000364. The lowest BCUT2D eigenvalue weighted by molar-refractivity contribution is 0.144. The maximum Gasteiger partial charge on any atom is 0.191 e. The van der Waals surface area contributed by atoms with Crippen LogP contribution in [0.5, 0.6) is 0 Å². The number of rotatable bonds is 12. The van der Waals surface area contributed by atoms with Crippen molar-refractivity contribution in [3.05, 3.63) is 35.9 Å². The number of hydrogen-bond acceptors (Lipinski definition) is 4. The molecular formula is C20H35IN4O2. The average Bonchev–Trinajstić information content (AvgIpc) is 3.50. The number of methoxy groups -OCH3 is 1. The van der Waals surface area contributed by atoms with E-state index in [1.54, 1.807) is 7.11 Å². The summed E-state index contributed by atoms with van der Waals surface area (Å²) in [7, 11) is 1.75. The molecule has 0 amide bonds. The van der Waals surface area contributed by atoms with Crippen molar-refractivity contribution in [2.45, 2.75) is 38.3 Å². The Bertz CT molecular complexity index is 526. The molecular weight excluding hydrogens is 455 g/mol. The zero-order valence-corrected chi connectivity index (χ0v) is 18.9. The lowest BCUT2D eigenvalue weighted by Gasteiger charge is -2.22. The van der Waals surface area contributed by atoms with Gasteiger partial charge in [-0.05, 0) is 31.7 Å². The number of benzene rings is 1. The molecule has 0 radical (unpaired) electrons. The number of guanidine groups is 1. The third-order valence-corrected chi connectivity index (χ3v) is 4.54. The van der Waals surface area contributed by atoms with Gasteiger partial charge in [-0.25, -0.2) is 0 Å². The molecule has 0 heterocycles. The van der Waals surface area contributed by atoms with Crippen LogP contribution in [0.2, 0.25) is 0 Å². The number of hydrogen-bond donors (Lipinski definition) is 3. The van der Waals surface area contributed by atoms with Crippen LogP contribution in [0, 0.1) is 0 Å². The van der Waals surface area contributed by atoms with Gasteiger partial charge in [0, 0.05) is 45.9 Å². The van der Waals surface area contributed by atoms with Crippen LogP contribution >= 0.6 is 24.0 Å². The number of nitrogens with one attached hydrogen (secondary N) is 2. The molecule has 0 aliphatic heterocycles. The van der Waals surface area contributed by atoms with E-state index in [4.69, 9.17) is 4.74 Å². The van der Waals surface area contributed by atoms with Gasteiger partial charge in [-0.1, -0.05) is 30.3 Å². The first-order valence-corrected chi connectivity index (χ1v) is 9.72. The third-order valence-electron chi connectivity index (χ3n) is 4.54. The molecule has 1 fully saturated rings. The SMILES string of the molecule is CCNC(=NCCC(O)c1ccccc1)NCCN(CCOC)C1CC1.I. The molecule has 1 aromatic carbocycles. The fraction of sp³-hybridized carbons (Fsp3) is 0.650. The Hall–Kier alpha value is -0.900. The number of ether oxygens (including phenoxy) is 1. The van der Waals surface area contributed by atoms with E-state index in [9.17, 15) is 5.11 Å². The standard InChI is InChI=1S/C20H34N4O2.HI/c1-3-21-20(22-12-11-19(25)17-7-5-4-6-8-17)23-13-14-24(15-16-26-2)18-9-10-18;/h4-8,18-19,25H,3,9-16H2,1-2H3,(H2,21,22,23);1H. The Morgan fingerprint density at radius 1 is 1.26 bits per heavy atom. The van der Waals surface area contributed by atoms with E-state index in [0.29, 0.717) is 13.0 Å². The summed E-state index contributed by atoms with van der Waals surface area (Å²) in [4.78, 5) is 7.07. The minimum atomic E-state index is -0.470. The van der Waals surface area contributed by atoms with Crippen LogP contribution in [0.3, 0.4) is 0 Å². The highest BCUT2D eigenvalue weighted by Crippen LogP contribution is 2.25. The van der Waals surface area contributed by atoms with Crippen molar-refractivity contribution in [3.8, 4) is 0 Å². The van der Waals surface area contributed by atoms with E-state index >= 15 is 0 Å². The predicted octanol–water partition coefficient (Wildman–Crippen LogP) is 2.39. The Morgan fingerprint density at radius 3 is 2.63 bits per heavy atom. The Labute approximate surface area is 180 Å². The molecule has 0 bridgehead atoms. The van der Waals surface area contributed by atoms with Crippen molar-refractivity contribution in [2.24, 2.45) is 4.99 Å². The molecule has 154 valence electrons. The molecule has 3 N–H and O–H groups in total. The highest BCUT2D eigenvalue weighted by Gasteiger charge is 2.28. The molecule has 7 heteroatoms. The lowest BCUT2D eigenvalue weighted by Crippen LogP contribution is -2.42. The molecule has 1 atom stereocenters. The Morgan fingerprint density at radius 2 is 2.00 bits per heavy atom. The van der Waals surface area contributed by atoms with Crippen molar-refractivity contribution in [1.29, 1.82) is 0 Å². The maximum absolute atomic E-state index is 10.2. The second kappa shape index (κ2) is 14.1. The molecule has 1 unspecified atom stereocenters. The quantitative estimate of drug-likeness (QED) is 0.239. The summed E-state index contributed by atoms with van der Waals surface area (Å²) in [6.07, 6.45) is 2.75. The molecule has 0 spiro atoms. The zero-order valence-electron chi connectivity index (χ0n) is 16.6. The predicted molar refractivity (Wildman–Crippen MR) is 122 cm³/mol. The van der Waals surface area contributed by atoms with Crippen LogP contribution in [0.25, 0.3) is 0 Å². The minimum absolute atomic E-state index is 0. The number of halogens is 1. The first-order valence-electron chi connectivity index (χ1n) is 9.72. The first-order chi connectivity index (χ1) is 12.7. The summed E-state index contributed by atoms with van der Waals surface area (Å²) < 4.78 is 5.21. The normalized spacial score (nSPS) is 15.3. The molecule has 0 aromatic heterocycles. The number of aliphatic imine (C=N–C) groups is 1. The van der Waals surface area contributed by atoms with Crippen LogP contribution in [-0.4, -0.2) is 68.4 Å². The topological polar surface area (TPSA) is 69.1 Å². The monoisotopic (exact) mass is 490 g/mol. The highest BCUT2D eigenvalue weighted by atomic mass is 127. The van der Waals surface area contributed by atoms with Crippen LogP contribution < -0.4 is 10.6 Å². The molecule has 6 nitrogen and oxygen atoms in total. The van der Waals surface area contributed by atoms with Crippen LogP contribution in [0.1, 0.15) is 37.9 Å². The van der Waals surface area contributed by atoms with E-state index in [-0.39, 0.29) is 24.0 Å². The van der Waals surface area contributed by atoms with E-state index < -0.39 is 6.10 Å². The summed E-state index contributed by atoms with van der Waals surface area (Å²) in [6.45, 7) is 7.08. The van der Waals surface area contributed by atoms with Gasteiger partial charge in [-0.15, -0.1) is 24.0 Å². The molecule has 1 aromatic rings. The van der Waals surface area contributed by atoms with Gasteiger partial charge in [0.2, 0.25) is 0 Å². The van der Waals surface area contributed by atoms with E-state index in [1.165, 1.54) is 12.8 Å². The fourth-order valence-electron chi connectivity index (χ4n) is 2.93. The van der Waals surface area contributed by atoms with Gasteiger partial charge in [0.15, 0.2) is 5.96 Å². The third kappa shape index (κ3) is 9.73. The van der Waals surface area contributed by atoms with E-state index in [2.05, 4.69) is 27.4 Å². The van der Waals surface area contributed by atoms with Crippen molar-refractivity contribution >= 4 is 29.9 Å². The van der Waals surface area contributed by atoms with Gasteiger partial charge in [0.1, 0.15) is 0 Å². The molecule has 1 saturated carbocycles. The smallest absolute Gasteiger partial charge is 0.191 e. The van der Waals surface area contributed by atoms with Crippen LogP contribution in [-0.2, 0) is 4.74 Å². The lowest BCUT2D eigenvalue weighted by atomic mass is 10.1. The fourth-order valence-corrected chi connectivity index (χ4v) is 2.93.